The first-order valence-electron chi connectivity index (χ1n) is 23.9. The highest BCUT2D eigenvalue weighted by Crippen LogP contribution is 2.33. The molecule has 1 saturated heterocycles. The van der Waals surface area contributed by atoms with Crippen molar-refractivity contribution in [3.63, 3.8) is 0 Å². The third-order valence-corrected chi connectivity index (χ3v) is 7.90. The molecule has 6 rings (SSSR count). The molecule has 2 aliphatic rings. The van der Waals surface area contributed by atoms with Crippen molar-refractivity contribution < 1.29 is 4.79 Å². The Bertz CT molecular complexity index is 2250. The van der Waals surface area contributed by atoms with Crippen molar-refractivity contribution in [3.8, 4) is 61.7 Å². The summed E-state index contributed by atoms with van der Waals surface area (Å²) in [5.41, 5.74) is 4.05. The lowest BCUT2D eigenvalue weighted by Crippen LogP contribution is -2.29. The van der Waals surface area contributed by atoms with Gasteiger partial charge in [-0.1, -0.05) is 128 Å². The van der Waals surface area contributed by atoms with Crippen LogP contribution in [-0.2, 0) is 15.9 Å². The first kappa shape index (κ1) is 68.5. The summed E-state index contributed by atoms with van der Waals surface area (Å²) in [5.74, 6) is 14.2. The molecule has 4 aromatic rings. The highest BCUT2D eigenvalue weighted by atomic mass is 16.2. The number of nitrogens with zero attached hydrogens (tertiary/aromatic N) is 8. The Labute approximate surface area is 433 Å². The molecular weight excluding hydrogens is 877 g/mol. The molecular formula is C60H92N10O. The average Bonchev–Trinajstić information content (AvgIpc) is 4.09. The van der Waals surface area contributed by atoms with E-state index in [0.717, 1.165) is 37.5 Å². The number of rotatable bonds is 1. The van der Waals surface area contributed by atoms with Gasteiger partial charge in [-0.25, -0.2) is 9.97 Å². The van der Waals surface area contributed by atoms with Gasteiger partial charge in [0, 0.05) is 55.8 Å². The van der Waals surface area contributed by atoms with Crippen LogP contribution in [0.2, 0.25) is 0 Å². The van der Waals surface area contributed by atoms with Crippen LogP contribution in [-0.4, -0.2) is 75.6 Å². The SMILES string of the molecule is C#CC1=NCC=C1.C#Cc1ccn(C(C)(C)C)n1.C#Cc1ccn[nH]1.C#Cc1ncc[nH]1.C#Cc1nccn1C(C)(C)C.C=CC(=O)N1CCC(C(C)(C)C)C1.CC(C)(C)C.CC(C)(C)C.CC(C)(C)C. The first-order valence-corrected chi connectivity index (χ1v) is 23.9. The smallest absolute Gasteiger partial charge is 0.245 e. The van der Waals surface area contributed by atoms with Gasteiger partial charge in [0.25, 0.3) is 0 Å². The molecule has 0 bridgehead atoms. The van der Waals surface area contributed by atoms with E-state index >= 15 is 0 Å². The maximum absolute atomic E-state index is 11.3. The molecule has 0 saturated carbocycles. The Morgan fingerprint density at radius 1 is 0.704 bits per heavy atom. The van der Waals surface area contributed by atoms with E-state index in [1.54, 1.807) is 30.9 Å². The molecule has 1 amide bonds. The molecule has 71 heavy (non-hydrogen) atoms. The van der Waals surface area contributed by atoms with E-state index in [1.807, 2.05) is 44.8 Å². The molecule has 1 unspecified atom stereocenters. The minimum Gasteiger partial charge on any atom is -0.339 e. The van der Waals surface area contributed by atoms with Crippen molar-refractivity contribution >= 4 is 11.6 Å². The topological polar surface area (TPSA) is 126 Å². The number of terminal acetylenes is 5. The first-order chi connectivity index (χ1) is 32.3. The Morgan fingerprint density at radius 2 is 1.27 bits per heavy atom. The van der Waals surface area contributed by atoms with Crippen LogP contribution in [0.3, 0.4) is 0 Å². The minimum atomic E-state index is 0.0229. The van der Waals surface area contributed by atoms with Crippen molar-refractivity contribution in [2.24, 2.45) is 32.6 Å². The molecule has 6 heterocycles. The number of H-pyrrole nitrogens is 2. The number of aromatic nitrogens is 8. The van der Waals surface area contributed by atoms with E-state index in [1.165, 1.54) is 6.08 Å². The lowest BCUT2D eigenvalue weighted by Gasteiger charge is -2.26. The summed E-state index contributed by atoms with van der Waals surface area (Å²) in [6.07, 6.45) is 42.1. The Morgan fingerprint density at radius 3 is 1.52 bits per heavy atom. The van der Waals surface area contributed by atoms with E-state index < -0.39 is 0 Å². The van der Waals surface area contributed by atoms with Gasteiger partial charge in [-0.2, -0.15) is 10.2 Å². The van der Waals surface area contributed by atoms with Crippen LogP contribution in [0.5, 0.6) is 0 Å². The van der Waals surface area contributed by atoms with Gasteiger partial charge < -0.3 is 14.5 Å². The van der Waals surface area contributed by atoms with Gasteiger partial charge in [-0.05, 0) is 118 Å². The lowest BCUT2D eigenvalue weighted by molar-refractivity contribution is -0.125. The van der Waals surface area contributed by atoms with Crippen molar-refractivity contribution in [2.45, 2.75) is 163 Å². The number of amides is 1. The van der Waals surface area contributed by atoms with Gasteiger partial charge in [0.05, 0.1) is 12.1 Å². The second-order valence-electron chi connectivity index (χ2n) is 24.2. The maximum Gasteiger partial charge on any atom is 0.245 e. The summed E-state index contributed by atoms with van der Waals surface area (Å²) in [5, 5.41) is 10.4. The fourth-order valence-electron chi connectivity index (χ4n) is 4.66. The normalized spacial score (nSPS) is 13.4. The van der Waals surface area contributed by atoms with Crippen LogP contribution in [0.1, 0.15) is 175 Å². The average molecular weight is 969 g/mol. The highest BCUT2D eigenvalue weighted by Gasteiger charge is 2.32. The van der Waals surface area contributed by atoms with Crippen LogP contribution in [0.25, 0.3) is 0 Å². The summed E-state index contributed by atoms with van der Waals surface area (Å²) >= 11 is 0. The van der Waals surface area contributed by atoms with Gasteiger partial charge in [0.1, 0.15) is 17.1 Å². The number of hydrogen-bond donors (Lipinski definition) is 2. The molecule has 0 spiro atoms. The van der Waals surface area contributed by atoms with Gasteiger partial charge in [0.2, 0.25) is 5.91 Å². The Kier molecular flexibility index (Phi) is 31.8. The molecule has 0 aromatic carbocycles. The number of likely N-dealkylation sites (tertiary alicyclic amines) is 1. The quantitative estimate of drug-likeness (QED) is 0.145. The summed E-state index contributed by atoms with van der Waals surface area (Å²) < 4.78 is 3.84. The fourth-order valence-corrected chi connectivity index (χ4v) is 4.66. The number of allylic oxidation sites excluding steroid dienone is 1. The van der Waals surface area contributed by atoms with Crippen molar-refractivity contribution in [1.29, 1.82) is 0 Å². The Balaban J connectivity index is -0.000000749. The van der Waals surface area contributed by atoms with Gasteiger partial charge in [0.15, 0.2) is 11.6 Å². The summed E-state index contributed by atoms with van der Waals surface area (Å²) in [7, 11) is 0. The van der Waals surface area contributed by atoms with E-state index in [4.69, 9.17) is 32.1 Å². The van der Waals surface area contributed by atoms with Gasteiger partial charge >= 0.3 is 0 Å². The van der Waals surface area contributed by atoms with E-state index in [0.29, 0.717) is 44.9 Å². The predicted molar refractivity (Wildman–Crippen MR) is 303 cm³/mol. The summed E-state index contributed by atoms with van der Waals surface area (Å²) in [6.45, 7) is 51.5. The highest BCUT2D eigenvalue weighted by molar-refractivity contribution is 6.09. The molecule has 1 atom stereocenters. The van der Waals surface area contributed by atoms with Crippen LogP contribution < -0.4 is 0 Å². The molecule has 2 aliphatic heterocycles. The van der Waals surface area contributed by atoms with Crippen LogP contribution >= 0.6 is 0 Å². The van der Waals surface area contributed by atoms with Crippen LogP contribution in [0, 0.1) is 89.3 Å². The third-order valence-electron chi connectivity index (χ3n) is 7.90. The zero-order valence-electron chi connectivity index (χ0n) is 47.8. The Hall–Kier alpha value is -6.74. The molecule has 0 radical (unpaired) electrons. The number of hydrogen-bond acceptors (Lipinski definition) is 6. The fraction of sp³-hybridized carbons (Fsp3) is 0.533. The van der Waals surface area contributed by atoms with Crippen LogP contribution in [0.15, 0.2) is 79.1 Å². The zero-order chi connectivity index (χ0) is 55.9. The molecule has 11 heteroatoms. The number of imidazole rings is 2. The molecule has 1 fully saturated rings. The molecule has 0 aliphatic carbocycles. The standard InChI is InChI=1S/C11H19NO.2C9H12N2.C6H5N.2C5H4N2.3C5H12/c1-5-10(13)12-7-6-9(8-12)11(2,3)4;1-5-8-10-6-7-11(8)9(2,3)4;1-5-8-6-7-11(10-8)9(2,3)4;1-2-6-4-3-5-7-6;1-2-5-6-3-4-7-5;1-2-5-3-4-6-7-5;3*1-5(2,3)4/h5,9H,1,6-8H2,2-4H3;2*1,6-7H,2-4H3;1,3-4H,5H2;2*1,3-4H,(H,6,7);3*1-4H3. The van der Waals surface area contributed by atoms with Crippen molar-refractivity contribution in [2.75, 3.05) is 19.6 Å². The van der Waals surface area contributed by atoms with Crippen molar-refractivity contribution in [1.82, 2.24) is 44.4 Å². The molecule has 11 nitrogen and oxygen atoms in total. The van der Waals surface area contributed by atoms with E-state index in [2.05, 4.69) is 217 Å². The second kappa shape index (κ2) is 33.0. The number of carbonyl (C=O) groups excluding carboxylic acids is 1. The molecule has 388 valence electrons. The van der Waals surface area contributed by atoms with E-state index in [9.17, 15) is 4.79 Å². The third kappa shape index (κ3) is 40.8. The van der Waals surface area contributed by atoms with Crippen LogP contribution in [0.4, 0.5) is 0 Å². The lowest BCUT2D eigenvalue weighted by atomic mass is 9.80. The van der Waals surface area contributed by atoms with Gasteiger partial charge in [-0.3, -0.25) is 19.6 Å². The number of carbonyl (C=O) groups is 1. The van der Waals surface area contributed by atoms with E-state index in [-0.39, 0.29) is 17.0 Å². The second-order valence-corrected chi connectivity index (χ2v) is 24.2. The maximum atomic E-state index is 11.3. The zero-order valence-corrected chi connectivity index (χ0v) is 47.8. The predicted octanol–water partition coefficient (Wildman–Crippen LogP) is 12.9. The summed E-state index contributed by atoms with van der Waals surface area (Å²) in [4.78, 5) is 27.6. The molecule has 4 aromatic heterocycles. The number of aliphatic imine (C=N–C) groups is 1. The van der Waals surface area contributed by atoms with Gasteiger partial charge in [-0.15, -0.1) is 32.1 Å². The monoisotopic (exact) mass is 969 g/mol. The summed E-state index contributed by atoms with van der Waals surface area (Å²) in [6, 6.07) is 3.57. The molecule has 2 N–H and O–H groups in total. The van der Waals surface area contributed by atoms with Crippen molar-refractivity contribution in [3.05, 3.63) is 97.2 Å². The minimum absolute atomic E-state index is 0.0229. The number of aromatic amines is 2. The number of nitrogens with one attached hydrogen (secondary N) is 2. The largest absolute Gasteiger partial charge is 0.339 e.